The second kappa shape index (κ2) is 5.40. The van der Waals surface area contributed by atoms with Gasteiger partial charge in [-0.1, -0.05) is 15.9 Å². The lowest BCUT2D eigenvalue weighted by molar-refractivity contribution is 0.0635. The molecule has 0 atom stereocenters. The van der Waals surface area contributed by atoms with E-state index >= 15 is 0 Å². The van der Waals surface area contributed by atoms with Gasteiger partial charge in [-0.3, -0.25) is 5.32 Å². The fourth-order valence-corrected chi connectivity index (χ4v) is 2.20. The van der Waals surface area contributed by atoms with Crippen LogP contribution in [0.5, 0.6) is 0 Å². The molecule has 0 aliphatic heterocycles. The van der Waals surface area contributed by atoms with Crippen LogP contribution in [0, 0.1) is 6.92 Å². The molecule has 0 aliphatic rings. The summed E-state index contributed by atoms with van der Waals surface area (Å²) in [6.45, 7) is 7.45. The number of aryl methyl sites for hydroxylation is 1. The van der Waals surface area contributed by atoms with Crippen molar-refractivity contribution in [2.75, 3.05) is 5.32 Å². The summed E-state index contributed by atoms with van der Waals surface area (Å²) in [7, 11) is 0. The van der Waals surface area contributed by atoms with Crippen LogP contribution in [-0.4, -0.2) is 16.7 Å². The van der Waals surface area contributed by atoms with Gasteiger partial charge in [0.05, 0.1) is 5.52 Å². The van der Waals surface area contributed by atoms with Crippen LogP contribution < -0.4 is 5.32 Å². The predicted molar refractivity (Wildman–Crippen MR) is 84.0 cm³/mol. The summed E-state index contributed by atoms with van der Waals surface area (Å²) in [5.74, 6) is 0.492. The molecule has 0 saturated heterocycles. The van der Waals surface area contributed by atoms with Gasteiger partial charge in [-0.25, -0.2) is 9.78 Å². The van der Waals surface area contributed by atoms with E-state index in [4.69, 9.17) is 4.74 Å². The molecule has 20 heavy (non-hydrogen) atoms. The number of halogens is 1. The van der Waals surface area contributed by atoms with Crippen molar-refractivity contribution in [3.05, 3.63) is 34.3 Å². The van der Waals surface area contributed by atoms with Crippen molar-refractivity contribution in [2.24, 2.45) is 0 Å². The maximum atomic E-state index is 11.7. The number of pyridine rings is 1. The molecule has 106 valence electrons. The zero-order valence-corrected chi connectivity index (χ0v) is 13.5. The Bertz CT molecular complexity index is 663. The number of rotatable bonds is 1. The number of nitrogens with zero attached hydrogens (tertiary/aromatic N) is 1. The number of carbonyl (C=O) groups is 1. The molecule has 0 fully saturated rings. The van der Waals surface area contributed by atoms with Gasteiger partial charge in [0.25, 0.3) is 0 Å². The maximum absolute atomic E-state index is 11.7. The number of amides is 1. The van der Waals surface area contributed by atoms with Gasteiger partial charge < -0.3 is 4.74 Å². The minimum atomic E-state index is -0.527. The van der Waals surface area contributed by atoms with Gasteiger partial charge in [0.1, 0.15) is 11.4 Å². The Morgan fingerprint density at radius 3 is 2.65 bits per heavy atom. The summed E-state index contributed by atoms with van der Waals surface area (Å²) in [5.41, 5.74) is 1.35. The molecule has 4 nitrogen and oxygen atoms in total. The molecular formula is C15H17BrN2O2. The number of ether oxygens (including phenoxy) is 1. The first kappa shape index (κ1) is 14.8. The molecule has 0 radical (unpaired) electrons. The first-order valence-corrected chi connectivity index (χ1v) is 7.11. The first-order chi connectivity index (χ1) is 9.24. The number of fused-ring (bicyclic) bond motifs is 1. The molecule has 5 heteroatoms. The smallest absolute Gasteiger partial charge is 0.413 e. The summed E-state index contributed by atoms with van der Waals surface area (Å²) in [6, 6.07) is 7.67. The second-order valence-electron chi connectivity index (χ2n) is 5.61. The zero-order valence-electron chi connectivity index (χ0n) is 12.0. The lowest BCUT2D eigenvalue weighted by atomic mass is 10.1. The van der Waals surface area contributed by atoms with Gasteiger partial charge in [0.2, 0.25) is 0 Å². The molecule has 0 unspecified atom stereocenters. The molecule has 1 aromatic carbocycles. The third-order valence-electron chi connectivity index (χ3n) is 2.61. The largest absolute Gasteiger partial charge is 0.444 e. The highest BCUT2D eigenvalue weighted by atomic mass is 79.9. The standard InChI is InChI=1S/C15H17BrN2O2/c1-9-7-13(18-14(19)20-15(2,3)4)17-12-6-5-10(16)8-11(9)12/h5-8H,1-4H3,(H,17,18,19). The molecule has 1 amide bonds. The predicted octanol–water partition coefficient (Wildman–Crippen LogP) is 4.65. The number of carbonyl (C=O) groups excluding carboxylic acids is 1. The summed E-state index contributed by atoms with van der Waals surface area (Å²) in [6.07, 6.45) is -0.499. The minimum Gasteiger partial charge on any atom is -0.444 e. The van der Waals surface area contributed by atoms with Crippen molar-refractivity contribution in [1.82, 2.24) is 4.98 Å². The van der Waals surface area contributed by atoms with Gasteiger partial charge >= 0.3 is 6.09 Å². The van der Waals surface area contributed by atoms with Crippen LogP contribution >= 0.6 is 15.9 Å². The molecule has 2 aromatic rings. The van der Waals surface area contributed by atoms with Gasteiger partial charge in [-0.2, -0.15) is 0 Å². The number of nitrogens with one attached hydrogen (secondary N) is 1. The van der Waals surface area contributed by atoms with Gasteiger partial charge in [-0.15, -0.1) is 0 Å². The topological polar surface area (TPSA) is 51.2 Å². The highest BCUT2D eigenvalue weighted by Crippen LogP contribution is 2.24. The van der Waals surface area contributed by atoms with E-state index < -0.39 is 11.7 Å². The Labute approximate surface area is 126 Å². The molecule has 0 spiro atoms. The molecule has 2 rings (SSSR count). The van der Waals surface area contributed by atoms with Crippen LogP contribution in [0.25, 0.3) is 10.9 Å². The summed E-state index contributed by atoms with van der Waals surface area (Å²) < 4.78 is 6.22. The third kappa shape index (κ3) is 3.70. The molecule has 0 saturated carbocycles. The van der Waals surface area contributed by atoms with Crippen molar-refractivity contribution in [3.8, 4) is 0 Å². The molecule has 0 bridgehead atoms. The Morgan fingerprint density at radius 1 is 1.30 bits per heavy atom. The van der Waals surface area contributed by atoms with E-state index in [0.29, 0.717) is 5.82 Å². The van der Waals surface area contributed by atoms with Crippen molar-refractivity contribution in [1.29, 1.82) is 0 Å². The van der Waals surface area contributed by atoms with Crippen LogP contribution in [0.3, 0.4) is 0 Å². The SMILES string of the molecule is Cc1cc(NC(=O)OC(C)(C)C)nc2ccc(Br)cc12. The first-order valence-electron chi connectivity index (χ1n) is 6.31. The molecule has 1 N–H and O–H groups in total. The van der Waals surface area contributed by atoms with Crippen LogP contribution in [0.1, 0.15) is 26.3 Å². The van der Waals surface area contributed by atoms with Crippen LogP contribution in [0.15, 0.2) is 28.7 Å². The van der Waals surface area contributed by atoms with Gasteiger partial charge in [0, 0.05) is 9.86 Å². The number of hydrogen-bond acceptors (Lipinski definition) is 3. The van der Waals surface area contributed by atoms with Crippen LogP contribution in [0.4, 0.5) is 10.6 Å². The van der Waals surface area contributed by atoms with Crippen molar-refractivity contribution >= 4 is 38.7 Å². The highest BCUT2D eigenvalue weighted by Gasteiger charge is 2.16. The lowest BCUT2D eigenvalue weighted by Crippen LogP contribution is -2.27. The fourth-order valence-electron chi connectivity index (χ4n) is 1.84. The van der Waals surface area contributed by atoms with E-state index in [2.05, 4.69) is 26.2 Å². The Kier molecular flexibility index (Phi) is 3.99. The van der Waals surface area contributed by atoms with Crippen LogP contribution in [0.2, 0.25) is 0 Å². The average Bonchev–Trinajstić information content (AvgIpc) is 2.27. The summed E-state index contributed by atoms with van der Waals surface area (Å²) >= 11 is 3.44. The number of benzene rings is 1. The van der Waals surface area contributed by atoms with Gasteiger partial charge in [0.15, 0.2) is 0 Å². The highest BCUT2D eigenvalue weighted by molar-refractivity contribution is 9.10. The second-order valence-corrected chi connectivity index (χ2v) is 6.53. The van der Waals surface area contributed by atoms with E-state index in [9.17, 15) is 4.79 Å². The monoisotopic (exact) mass is 336 g/mol. The molecule has 0 aliphatic carbocycles. The van der Waals surface area contributed by atoms with Crippen LogP contribution in [-0.2, 0) is 4.74 Å². The molecule has 1 aromatic heterocycles. The van der Waals surface area contributed by atoms with Crippen molar-refractivity contribution in [3.63, 3.8) is 0 Å². The van der Waals surface area contributed by atoms with E-state index in [-0.39, 0.29) is 0 Å². The van der Waals surface area contributed by atoms with E-state index in [1.165, 1.54) is 0 Å². The normalized spacial score (nSPS) is 11.4. The average molecular weight is 337 g/mol. The lowest BCUT2D eigenvalue weighted by Gasteiger charge is -2.19. The number of anilines is 1. The van der Waals surface area contributed by atoms with E-state index in [1.807, 2.05) is 52.0 Å². The Hall–Kier alpha value is -1.62. The molecular weight excluding hydrogens is 320 g/mol. The maximum Gasteiger partial charge on any atom is 0.413 e. The van der Waals surface area contributed by atoms with Gasteiger partial charge in [-0.05, 0) is 57.5 Å². The van der Waals surface area contributed by atoms with E-state index in [0.717, 1.165) is 20.9 Å². The third-order valence-corrected chi connectivity index (χ3v) is 3.10. The zero-order chi connectivity index (χ0) is 14.9. The summed E-state index contributed by atoms with van der Waals surface area (Å²) in [5, 5.41) is 3.71. The van der Waals surface area contributed by atoms with E-state index in [1.54, 1.807) is 0 Å². The Balaban J connectivity index is 2.28. The van der Waals surface area contributed by atoms with Crippen molar-refractivity contribution < 1.29 is 9.53 Å². The fraction of sp³-hybridized carbons (Fsp3) is 0.333. The summed E-state index contributed by atoms with van der Waals surface area (Å²) in [4.78, 5) is 16.2. The van der Waals surface area contributed by atoms with Crippen molar-refractivity contribution in [2.45, 2.75) is 33.3 Å². The quantitative estimate of drug-likeness (QED) is 0.824. The molecule has 1 heterocycles. The minimum absolute atomic E-state index is 0.492. The Morgan fingerprint density at radius 2 is 2.00 bits per heavy atom. The number of aromatic nitrogens is 1. The number of hydrogen-bond donors (Lipinski definition) is 1.